The molecule has 0 spiro atoms. The van der Waals surface area contributed by atoms with Crippen LogP contribution in [0.3, 0.4) is 0 Å². The second kappa shape index (κ2) is 12.0. The van der Waals surface area contributed by atoms with Gasteiger partial charge in [-0.3, -0.25) is 0 Å². The molecule has 0 nitrogen and oxygen atoms in total. The van der Waals surface area contributed by atoms with Gasteiger partial charge in [-0.05, 0) is 79.6 Å². The summed E-state index contributed by atoms with van der Waals surface area (Å²) in [5, 5.41) is -0.0424. The normalized spacial score (nSPS) is 12.6. The van der Waals surface area contributed by atoms with Gasteiger partial charge in [0.05, 0.1) is 4.58 Å². The zero-order chi connectivity index (χ0) is 21.4. The summed E-state index contributed by atoms with van der Waals surface area (Å²) in [6.07, 6.45) is 4.12. The monoisotopic (exact) mass is 510 g/mol. The molecule has 158 valence electrons. The lowest BCUT2D eigenvalue weighted by Gasteiger charge is -2.25. The van der Waals surface area contributed by atoms with Crippen LogP contribution in [-0.4, -0.2) is 16.9 Å². The van der Waals surface area contributed by atoms with Crippen LogP contribution >= 0.6 is 51.6 Å². The molecule has 3 rings (SSSR count). The van der Waals surface area contributed by atoms with Gasteiger partial charge in [-0.1, -0.05) is 77.5 Å². The maximum absolute atomic E-state index is 6.35. The van der Waals surface area contributed by atoms with Crippen molar-refractivity contribution in [2.75, 3.05) is 12.3 Å². The first-order chi connectivity index (χ1) is 14.4. The summed E-state index contributed by atoms with van der Waals surface area (Å²) in [5.74, 6) is 0. The second-order valence-electron chi connectivity index (χ2n) is 7.12. The number of aryl methyl sites for hydroxylation is 2. The highest BCUT2D eigenvalue weighted by Gasteiger charge is 2.22. The van der Waals surface area contributed by atoms with E-state index >= 15 is 0 Å². The van der Waals surface area contributed by atoms with E-state index < -0.39 is 5.24 Å². The first kappa shape index (κ1) is 24.2. The topological polar surface area (TPSA) is 0 Å². The van der Waals surface area contributed by atoms with Crippen LogP contribution in [0.2, 0.25) is 10.0 Å². The fourth-order valence-corrected chi connectivity index (χ4v) is 13.6. The Hall–Kier alpha value is -0.410. The Kier molecular flexibility index (Phi) is 9.69. The van der Waals surface area contributed by atoms with Crippen LogP contribution in [-0.2, 0) is 24.6 Å². The molecule has 0 aromatic heterocycles. The molecule has 0 aliphatic carbocycles. The molecule has 1 atom stereocenters. The summed E-state index contributed by atoms with van der Waals surface area (Å²) in [7, 11) is 0. The summed E-state index contributed by atoms with van der Waals surface area (Å²) in [5.41, 5.74) is 2.62. The van der Waals surface area contributed by atoms with Gasteiger partial charge in [0.1, 0.15) is 0 Å². The quantitative estimate of drug-likeness (QED) is 0.151. The maximum Gasteiger partial charge on any atom is 0.0570 e. The van der Waals surface area contributed by atoms with Crippen LogP contribution in [0.4, 0.5) is 0 Å². The van der Waals surface area contributed by atoms with Gasteiger partial charge in [-0.15, -0.1) is 23.1 Å². The Balaban J connectivity index is 1.67. The predicted molar refractivity (Wildman–Crippen MR) is 144 cm³/mol. The Morgan fingerprint density at radius 2 is 1.23 bits per heavy atom. The first-order valence-corrected chi connectivity index (χ1v) is 16.2. The first-order valence-electron chi connectivity index (χ1n) is 9.89. The molecule has 0 heterocycles. The summed E-state index contributed by atoms with van der Waals surface area (Å²) in [6, 6.07) is 26.9. The average Bonchev–Trinajstić information content (AvgIpc) is 2.74. The Labute approximate surface area is 203 Å². The van der Waals surface area contributed by atoms with Crippen molar-refractivity contribution >= 4 is 63.4 Å². The molecule has 0 amide bonds. The molecule has 6 heteroatoms. The van der Waals surface area contributed by atoms with Crippen LogP contribution in [0.15, 0.2) is 83.8 Å². The summed E-state index contributed by atoms with van der Waals surface area (Å²) >= 11 is 22.4. The number of thioether (sulfide) groups is 1. The molecule has 0 aliphatic heterocycles. The maximum atomic E-state index is 6.35. The van der Waals surface area contributed by atoms with Crippen molar-refractivity contribution in [3.05, 3.63) is 100 Å². The highest BCUT2D eigenvalue weighted by Crippen LogP contribution is 2.63. The number of rotatable bonds is 10. The van der Waals surface area contributed by atoms with Crippen molar-refractivity contribution in [2.45, 2.75) is 29.2 Å². The number of benzene rings is 3. The van der Waals surface area contributed by atoms with E-state index in [0.717, 1.165) is 35.2 Å². The zero-order valence-electron chi connectivity index (χ0n) is 16.8. The fourth-order valence-electron chi connectivity index (χ4n) is 3.10. The standard InChI is InChI=1S/C24H25Cl2PS3/c1-19(29-24-5-3-2-4-6-24)30-27(28,17-15-20-7-11-22(25)12-8-20)18-16-21-9-13-23(26)14-10-21/h2-14,19H,15-18H2,1H3. The SMILES string of the molecule is CC(Sc1ccccc1)SP(=S)(CCc1ccc(Cl)cc1)CCc1ccc(Cl)cc1. The average molecular weight is 512 g/mol. The molecule has 3 aromatic carbocycles. The van der Waals surface area contributed by atoms with E-state index in [-0.39, 0.29) is 0 Å². The lowest BCUT2D eigenvalue weighted by molar-refractivity contribution is 1.11. The van der Waals surface area contributed by atoms with Crippen molar-refractivity contribution in [1.29, 1.82) is 0 Å². The molecule has 1 unspecified atom stereocenters. The third-order valence-electron chi connectivity index (χ3n) is 4.69. The van der Waals surface area contributed by atoms with Crippen molar-refractivity contribution < 1.29 is 0 Å². The summed E-state index contributed by atoms with van der Waals surface area (Å²) in [6.45, 7) is 2.29. The zero-order valence-corrected chi connectivity index (χ0v) is 21.7. The molecule has 0 fully saturated rings. The van der Waals surface area contributed by atoms with E-state index in [1.54, 1.807) is 0 Å². The van der Waals surface area contributed by atoms with Crippen LogP contribution in [0.5, 0.6) is 0 Å². The van der Waals surface area contributed by atoms with Gasteiger partial charge in [-0.25, -0.2) is 0 Å². The highest BCUT2D eigenvalue weighted by atomic mass is 35.5. The van der Waals surface area contributed by atoms with Gasteiger partial charge in [0.2, 0.25) is 0 Å². The van der Waals surface area contributed by atoms with Crippen molar-refractivity contribution in [3.8, 4) is 0 Å². The minimum Gasteiger partial charge on any atom is -0.112 e. The second-order valence-corrected chi connectivity index (χ2v) is 18.7. The van der Waals surface area contributed by atoms with Crippen molar-refractivity contribution in [2.24, 2.45) is 0 Å². The van der Waals surface area contributed by atoms with Crippen molar-refractivity contribution in [1.82, 2.24) is 0 Å². The molecule has 0 aliphatic rings. The molecule has 3 aromatic rings. The van der Waals surface area contributed by atoms with Gasteiger partial charge >= 0.3 is 0 Å². The van der Waals surface area contributed by atoms with Gasteiger partial charge in [-0.2, -0.15) is 0 Å². The van der Waals surface area contributed by atoms with Gasteiger partial charge in [0, 0.05) is 20.2 Å². The fraction of sp³-hybridized carbons (Fsp3) is 0.250. The summed E-state index contributed by atoms with van der Waals surface area (Å²) < 4.78 is 0.425. The lowest BCUT2D eigenvalue weighted by atomic mass is 10.2. The van der Waals surface area contributed by atoms with E-state index in [1.807, 2.05) is 47.4 Å². The van der Waals surface area contributed by atoms with E-state index in [9.17, 15) is 0 Å². The van der Waals surface area contributed by atoms with E-state index in [4.69, 9.17) is 35.0 Å². The molecule has 0 saturated carbocycles. The molecule has 30 heavy (non-hydrogen) atoms. The van der Waals surface area contributed by atoms with E-state index in [1.165, 1.54) is 16.0 Å². The number of hydrogen-bond donors (Lipinski definition) is 0. The van der Waals surface area contributed by atoms with Crippen LogP contribution < -0.4 is 0 Å². The minimum atomic E-state index is -1.60. The third-order valence-corrected chi connectivity index (χ3v) is 14.6. The molecule has 0 bridgehead atoms. The lowest BCUT2D eigenvalue weighted by Crippen LogP contribution is -2.02. The molecule has 0 N–H and O–H groups in total. The van der Waals surface area contributed by atoms with E-state index in [0.29, 0.717) is 4.58 Å². The number of halogens is 2. The number of hydrogen-bond acceptors (Lipinski definition) is 3. The Bertz CT molecular complexity index is 907. The Morgan fingerprint density at radius 3 is 1.70 bits per heavy atom. The molecular formula is C24H25Cl2PS3. The van der Waals surface area contributed by atoms with E-state index in [2.05, 4.69) is 61.5 Å². The van der Waals surface area contributed by atoms with Gasteiger partial charge < -0.3 is 0 Å². The Morgan fingerprint density at radius 1 is 0.767 bits per heavy atom. The third kappa shape index (κ3) is 8.26. The largest absolute Gasteiger partial charge is 0.112 e. The van der Waals surface area contributed by atoms with Crippen LogP contribution in [0.1, 0.15) is 18.1 Å². The van der Waals surface area contributed by atoms with Gasteiger partial charge in [0.25, 0.3) is 0 Å². The molecule has 0 radical (unpaired) electrons. The minimum absolute atomic E-state index is 0.425. The van der Waals surface area contributed by atoms with Crippen LogP contribution in [0, 0.1) is 0 Å². The van der Waals surface area contributed by atoms with Gasteiger partial charge in [0.15, 0.2) is 0 Å². The summed E-state index contributed by atoms with van der Waals surface area (Å²) in [4.78, 5) is 1.30. The molecule has 0 saturated heterocycles. The smallest absolute Gasteiger partial charge is 0.0570 e. The molecular weight excluding hydrogens is 486 g/mol. The van der Waals surface area contributed by atoms with Crippen molar-refractivity contribution in [3.63, 3.8) is 0 Å². The predicted octanol–water partition coefficient (Wildman–Crippen LogP) is 9.04. The van der Waals surface area contributed by atoms with Crippen LogP contribution in [0.25, 0.3) is 0 Å². The highest BCUT2D eigenvalue weighted by molar-refractivity contribution is 8.72.